The van der Waals surface area contributed by atoms with E-state index in [2.05, 4.69) is 178 Å². The van der Waals surface area contributed by atoms with Gasteiger partial charge in [-0.1, -0.05) is 120 Å². The number of benzene rings is 6. The minimum absolute atomic E-state index is 0.00302. The van der Waals surface area contributed by atoms with Crippen LogP contribution in [0, 0.1) is 0 Å². The van der Waals surface area contributed by atoms with Crippen molar-refractivity contribution in [2.75, 3.05) is 4.90 Å². The number of anilines is 3. The molecule has 9 rings (SSSR count). The number of hydrogen-bond acceptors (Lipinski definition) is 2. The molecule has 0 saturated heterocycles. The second kappa shape index (κ2) is 10.1. The van der Waals surface area contributed by atoms with E-state index < -0.39 is 0 Å². The van der Waals surface area contributed by atoms with Crippen molar-refractivity contribution in [3.05, 3.63) is 139 Å². The van der Waals surface area contributed by atoms with Crippen molar-refractivity contribution < 1.29 is 4.65 Å². The van der Waals surface area contributed by atoms with Crippen LogP contribution in [0.4, 0.5) is 17.1 Å². The lowest BCUT2D eigenvalue weighted by Gasteiger charge is -2.40. The van der Waals surface area contributed by atoms with Gasteiger partial charge in [-0.3, -0.25) is 0 Å². The first kappa shape index (κ1) is 29.0. The maximum absolute atomic E-state index is 7.10. The lowest BCUT2D eigenvalue weighted by Crippen LogP contribution is -2.56. The van der Waals surface area contributed by atoms with Crippen molar-refractivity contribution in [2.24, 2.45) is 0 Å². The molecular formula is C44H39BN2O. The Bertz CT molecular complexity index is 2390. The third kappa shape index (κ3) is 4.21. The minimum atomic E-state index is -0.240. The van der Waals surface area contributed by atoms with Crippen LogP contribution in [-0.4, -0.2) is 11.5 Å². The molecule has 234 valence electrons. The molecule has 3 nitrogen and oxygen atoms in total. The predicted octanol–water partition coefficient (Wildman–Crippen LogP) is 10.3. The molecule has 6 aromatic carbocycles. The quantitative estimate of drug-likeness (QED) is 0.179. The summed E-state index contributed by atoms with van der Waals surface area (Å²) in [6.45, 7) is 13.5. The van der Waals surface area contributed by atoms with E-state index in [0.29, 0.717) is 0 Å². The summed E-state index contributed by atoms with van der Waals surface area (Å²) in [5.41, 5.74) is 14.6. The summed E-state index contributed by atoms with van der Waals surface area (Å²) in [5.74, 6) is 0.931. The van der Waals surface area contributed by atoms with Crippen molar-refractivity contribution >= 4 is 56.7 Å². The third-order valence-electron chi connectivity index (χ3n) is 10.3. The number of para-hydroxylation sites is 3. The van der Waals surface area contributed by atoms with Gasteiger partial charge < -0.3 is 14.1 Å². The highest BCUT2D eigenvalue weighted by molar-refractivity contribution is 6.86. The maximum atomic E-state index is 7.10. The topological polar surface area (TPSA) is 17.4 Å². The Labute approximate surface area is 283 Å². The highest BCUT2D eigenvalue weighted by atomic mass is 16.4. The molecule has 0 radical (unpaired) electrons. The monoisotopic (exact) mass is 622 g/mol. The molecule has 0 bridgehead atoms. The van der Waals surface area contributed by atoms with Gasteiger partial charge >= 0.3 is 6.92 Å². The van der Waals surface area contributed by atoms with E-state index in [1.807, 2.05) is 0 Å². The molecule has 0 spiro atoms. The van der Waals surface area contributed by atoms with E-state index in [9.17, 15) is 0 Å². The van der Waals surface area contributed by atoms with E-state index >= 15 is 0 Å². The highest BCUT2D eigenvalue weighted by Gasteiger charge is 2.44. The van der Waals surface area contributed by atoms with Crippen molar-refractivity contribution in [1.29, 1.82) is 0 Å². The third-order valence-corrected chi connectivity index (χ3v) is 10.3. The van der Waals surface area contributed by atoms with Crippen molar-refractivity contribution in [3.8, 4) is 22.6 Å². The Morgan fingerprint density at radius 2 is 1.23 bits per heavy atom. The Morgan fingerprint density at radius 1 is 0.562 bits per heavy atom. The van der Waals surface area contributed by atoms with Crippen LogP contribution >= 0.6 is 0 Å². The molecule has 0 fully saturated rings. The summed E-state index contributed by atoms with van der Waals surface area (Å²) in [6, 6.07) is 46.8. The van der Waals surface area contributed by atoms with Gasteiger partial charge in [-0.15, -0.1) is 0 Å². The zero-order chi connectivity index (χ0) is 32.9. The molecular weight excluding hydrogens is 583 g/mol. The fraction of sp³-hybridized carbons (Fsp3) is 0.182. The molecule has 48 heavy (non-hydrogen) atoms. The predicted molar refractivity (Wildman–Crippen MR) is 204 cm³/mol. The minimum Gasteiger partial charge on any atom is -0.551 e. The summed E-state index contributed by atoms with van der Waals surface area (Å²) in [5, 5.41) is 2.52. The van der Waals surface area contributed by atoms with E-state index in [1.165, 1.54) is 49.4 Å². The van der Waals surface area contributed by atoms with Gasteiger partial charge in [0.1, 0.15) is 5.75 Å². The molecule has 0 saturated carbocycles. The van der Waals surface area contributed by atoms with Crippen LogP contribution in [0.1, 0.15) is 52.7 Å². The van der Waals surface area contributed by atoms with Gasteiger partial charge in [-0.2, -0.15) is 0 Å². The largest absolute Gasteiger partial charge is 0.551 e. The lowest BCUT2D eigenvalue weighted by atomic mass is 9.49. The van der Waals surface area contributed by atoms with E-state index in [0.717, 1.165) is 34.1 Å². The second-order valence-electron chi connectivity index (χ2n) is 15.4. The Morgan fingerprint density at radius 3 is 1.98 bits per heavy atom. The lowest BCUT2D eigenvalue weighted by molar-refractivity contribution is 0.585. The molecule has 2 aliphatic heterocycles. The van der Waals surface area contributed by atoms with E-state index in [4.69, 9.17) is 4.65 Å². The first-order valence-corrected chi connectivity index (χ1v) is 17.1. The average molecular weight is 623 g/mol. The first-order valence-electron chi connectivity index (χ1n) is 17.1. The van der Waals surface area contributed by atoms with Gasteiger partial charge in [0.2, 0.25) is 0 Å². The molecule has 1 aromatic heterocycles. The average Bonchev–Trinajstić information content (AvgIpc) is 3.41. The van der Waals surface area contributed by atoms with Gasteiger partial charge in [-0.25, -0.2) is 0 Å². The van der Waals surface area contributed by atoms with Gasteiger partial charge in [0, 0.05) is 44.5 Å². The first-order chi connectivity index (χ1) is 23.1. The summed E-state index contributed by atoms with van der Waals surface area (Å²) in [6.07, 6.45) is 0. The van der Waals surface area contributed by atoms with Gasteiger partial charge in [0.15, 0.2) is 0 Å². The van der Waals surface area contributed by atoms with Crippen LogP contribution in [0.2, 0.25) is 0 Å². The van der Waals surface area contributed by atoms with Crippen molar-refractivity contribution in [1.82, 2.24) is 4.57 Å². The molecule has 0 amide bonds. The Balaban J connectivity index is 1.45. The molecule has 3 heterocycles. The molecule has 0 aliphatic carbocycles. The molecule has 0 unspecified atom stereocenters. The molecule has 7 aromatic rings. The maximum Gasteiger partial charge on any atom is 0.431 e. The normalized spacial score (nSPS) is 13.7. The van der Waals surface area contributed by atoms with E-state index in [1.54, 1.807) is 0 Å². The number of aromatic nitrogens is 1. The van der Waals surface area contributed by atoms with Crippen LogP contribution < -0.4 is 20.5 Å². The Hall–Kier alpha value is -5.22. The molecule has 0 atom stereocenters. The molecule has 0 N–H and O–H groups in total. The van der Waals surface area contributed by atoms with Crippen LogP contribution in [0.5, 0.6) is 5.75 Å². The number of fused-ring (bicyclic) bond motifs is 8. The SMILES string of the molecule is CC(C)(C)c1ccc(N2c3ccc(C(C)(C)C)cc3B3Oc4ccccc4-c4c3c2cc2c4c3ccccc3n2-c2ccccc2)cc1. The van der Waals surface area contributed by atoms with Crippen LogP contribution in [0.15, 0.2) is 127 Å². The van der Waals surface area contributed by atoms with Crippen LogP contribution in [-0.2, 0) is 10.8 Å². The fourth-order valence-electron chi connectivity index (χ4n) is 7.85. The number of hydrogen-bond donors (Lipinski definition) is 0. The summed E-state index contributed by atoms with van der Waals surface area (Å²) in [7, 11) is 0. The van der Waals surface area contributed by atoms with Crippen LogP contribution in [0.25, 0.3) is 38.6 Å². The van der Waals surface area contributed by atoms with E-state index in [-0.39, 0.29) is 17.7 Å². The Kier molecular flexibility index (Phi) is 6.12. The summed E-state index contributed by atoms with van der Waals surface area (Å²) in [4.78, 5) is 2.48. The smallest absolute Gasteiger partial charge is 0.431 e. The zero-order valence-electron chi connectivity index (χ0n) is 28.5. The highest BCUT2D eigenvalue weighted by Crippen LogP contribution is 2.49. The number of nitrogens with zero attached hydrogens (tertiary/aromatic N) is 2. The fourth-order valence-corrected chi connectivity index (χ4v) is 7.85. The van der Waals surface area contributed by atoms with Crippen molar-refractivity contribution in [2.45, 2.75) is 52.4 Å². The number of rotatable bonds is 2. The standard InChI is InChI=1S/C44H39BN2O/c1-43(2,3)28-20-23-31(24-21-28)47-36-25-22-29(44(4,5)6)26-34(36)45-42-38(47)27-37-40(41(42)33-17-11-13-19-39(33)48-45)32-16-10-12-18-35(32)46(37)30-14-8-7-9-15-30/h7-27H,1-6H3. The molecule has 4 heteroatoms. The zero-order valence-corrected chi connectivity index (χ0v) is 28.5. The summed E-state index contributed by atoms with van der Waals surface area (Å²) >= 11 is 0. The van der Waals surface area contributed by atoms with Gasteiger partial charge in [0.25, 0.3) is 0 Å². The van der Waals surface area contributed by atoms with Gasteiger partial charge in [0.05, 0.1) is 11.0 Å². The second-order valence-corrected chi connectivity index (χ2v) is 15.4. The van der Waals surface area contributed by atoms with Crippen molar-refractivity contribution in [3.63, 3.8) is 0 Å². The summed E-state index contributed by atoms with van der Waals surface area (Å²) < 4.78 is 9.54. The van der Waals surface area contributed by atoms with Crippen LogP contribution in [0.3, 0.4) is 0 Å². The van der Waals surface area contributed by atoms with Gasteiger partial charge in [-0.05, 0) is 81.5 Å². The molecule has 2 aliphatic rings.